The van der Waals surface area contributed by atoms with E-state index in [1.165, 1.54) is 59.1 Å². The smallest absolute Gasteiger partial charge is 0.415 e. The van der Waals surface area contributed by atoms with Crippen molar-refractivity contribution in [3.63, 3.8) is 0 Å². The van der Waals surface area contributed by atoms with Crippen LogP contribution < -0.4 is 0 Å². The Morgan fingerprint density at radius 1 is 0.612 bits per heavy atom. The van der Waals surface area contributed by atoms with Gasteiger partial charge in [0.1, 0.15) is 0 Å². The molecule has 0 bridgehead atoms. The molecule has 8 rings (SSSR count). The van der Waals surface area contributed by atoms with Crippen molar-refractivity contribution in [1.82, 2.24) is 0 Å². The molecule has 3 heteroatoms. The summed E-state index contributed by atoms with van der Waals surface area (Å²) in [6.45, 7) is 6.10. The third-order valence-corrected chi connectivity index (χ3v) is 9.79. The van der Waals surface area contributed by atoms with Crippen molar-refractivity contribution in [3.8, 4) is 0 Å². The number of hydrogen-bond donors (Lipinski definition) is 0. The summed E-state index contributed by atoms with van der Waals surface area (Å²) in [7, 11) is 0.638. The SMILES string of the molecule is C(C=Cc1ccccc1)=Cc1ccccc1.C1=CC2c3ccccc3[CH-]C2CC1.C1=CC2c3ccccc3[CH-]C2CC1.C[Si]OC(C)C.[Zr+2]. The molecule has 0 saturated carbocycles. The quantitative estimate of drug-likeness (QED) is 0.0858. The van der Waals surface area contributed by atoms with Gasteiger partial charge in [0.05, 0.1) is 0 Å². The van der Waals surface area contributed by atoms with E-state index in [0.717, 1.165) is 11.8 Å². The molecule has 248 valence electrons. The summed E-state index contributed by atoms with van der Waals surface area (Å²) in [5, 5.41) is 0. The normalized spacial score (nSPS) is 20.4. The predicted molar refractivity (Wildman–Crippen MR) is 208 cm³/mol. The molecule has 0 aliphatic heterocycles. The molecule has 2 radical (unpaired) electrons. The van der Waals surface area contributed by atoms with Crippen LogP contribution in [0.25, 0.3) is 12.2 Å². The average Bonchev–Trinajstić information content (AvgIpc) is 3.71. The molecular formula is C46H50OSiZr. The van der Waals surface area contributed by atoms with Gasteiger partial charge >= 0.3 is 26.2 Å². The second-order valence-electron chi connectivity index (χ2n) is 12.9. The second-order valence-corrected chi connectivity index (χ2v) is 13.5. The molecule has 4 aliphatic carbocycles. The molecule has 0 aromatic heterocycles. The van der Waals surface area contributed by atoms with E-state index in [1.807, 2.05) is 56.8 Å². The Bertz CT molecular complexity index is 1520. The van der Waals surface area contributed by atoms with Crippen LogP contribution in [0.5, 0.6) is 0 Å². The summed E-state index contributed by atoms with van der Waals surface area (Å²) in [4.78, 5) is 0. The number of benzene rings is 4. The van der Waals surface area contributed by atoms with E-state index in [9.17, 15) is 0 Å². The molecule has 0 amide bonds. The Morgan fingerprint density at radius 3 is 1.41 bits per heavy atom. The van der Waals surface area contributed by atoms with Gasteiger partial charge in [0.25, 0.3) is 0 Å². The largest absolute Gasteiger partial charge is 2.00 e. The molecular weight excluding hydrogens is 688 g/mol. The van der Waals surface area contributed by atoms with Gasteiger partial charge in [0.2, 0.25) is 9.76 Å². The number of fused-ring (bicyclic) bond motifs is 6. The van der Waals surface area contributed by atoms with Crippen molar-refractivity contribution < 1.29 is 30.6 Å². The summed E-state index contributed by atoms with van der Waals surface area (Å²) in [6.07, 6.45) is 28.2. The Hall–Kier alpha value is -3.36. The molecule has 4 unspecified atom stereocenters. The number of hydrogen-bond acceptors (Lipinski definition) is 1. The van der Waals surface area contributed by atoms with Crippen molar-refractivity contribution in [1.29, 1.82) is 0 Å². The van der Waals surface area contributed by atoms with Crippen LogP contribution in [-0.2, 0) is 30.6 Å². The Balaban J connectivity index is 0.000000152. The maximum Gasteiger partial charge on any atom is 2.00 e. The first-order valence-electron chi connectivity index (χ1n) is 17.6. The summed E-state index contributed by atoms with van der Waals surface area (Å²) < 4.78 is 5.07. The van der Waals surface area contributed by atoms with E-state index >= 15 is 0 Å². The first-order valence-corrected chi connectivity index (χ1v) is 19.0. The van der Waals surface area contributed by atoms with Crippen LogP contribution in [-0.4, -0.2) is 15.9 Å². The van der Waals surface area contributed by atoms with E-state index in [-0.39, 0.29) is 26.2 Å². The van der Waals surface area contributed by atoms with Crippen LogP contribution >= 0.6 is 0 Å². The van der Waals surface area contributed by atoms with Crippen molar-refractivity contribution in [2.24, 2.45) is 11.8 Å². The molecule has 1 nitrogen and oxygen atoms in total. The van der Waals surface area contributed by atoms with Gasteiger partial charge in [-0.2, -0.15) is 36.1 Å². The molecule has 4 aliphatic rings. The second kappa shape index (κ2) is 21.0. The van der Waals surface area contributed by atoms with E-state index in [2.05, 4.69) is 134 Å². The zero-order chi connectivity index (χ0) is 33.4. The molecule has 4 aromatic carbocycles. The summed E-state index contributed by atoms with van der Waals surface area (Å²) >= 11 is 0. The summed E-state index contributed by atoms with van der Waals surface area (Å²) in [5.74, 6) is 2.93. The van der Waals surface area contributed by atoms with Crippen molar-refractivity contribution in [2.45, 2.75) is 64.0 Å². The molecule has 49 heavy (non-hydrogen) atoms. The van der Waals surface area contributed by atoms with Gasteiger partial charge in [-0.1, -0.05) is 146 Å². The average molecular weight is 738 g/mol. The van der Waals surface area contributed by atoms with Crippen LogP contribution in [0.4, 0.5) is 0 Å². The molecule has 0 saturated heterocycles. The predicted octanol–water partition coefficient (Wildman–Crippen LogP) is 12.1. The van der Waals surface area contributed by atoms with Crippen LogP contribution in [0.3, 0.4) is 0 Å². The fourth-order valence-electron chi connectivity index (χ4n) is 6.84. The van der Waals surface area contributed by atoms with Gasteiger partial charge in [-0.25, -0.2) is 0 Å². The first-order chi connectivity index (χ1) is 23.6. The Kier molecular flexibility index (Phi) is 16.5. The minimum absolute atomic E-state index is 0. The maximum absolute atomic E-state index is 5.07. The first kappa shape index (κ1) is 38.4. The number of rotatable bonds is 5. The van der Waals surface area contributed by atoms with E-state index in [0.29, 0.717) is 27.7 Å². The third-order valence-electron chi connectivity index (χ3n) is 9.08. The van der Waals surface area contributed by atoms with E-state index < -0.39 is 0 Å². The molecule has 0 heterocycles. The van der Waals surface area contributed by atoms with Gasteiger partial charge in [0, 0.05) is 6.10 Å². The van der Waals surface area contributed by atoms with Crippen LogP contribution in [0.1, 0.15) is 84.7 Å². The van der Waals surface area contributed by atoms with Crippen molar-refractivity contribution >= 4 is 21.9 Å². The topological polar surface area (TPSA) is 9.23 Å². The molecule has 4 aromatic rings. The monoisotopic (exact) mass is 736 g/mol. The van der Waals surface area contributed by atoms with Crippen molar-refractivity contribution in [2.75, 3.05) is 0 Å². The van der Waals surface area contributed by atoms with E-state index in [4.69, 9.17) is 4.43 Å². The van der Waals surface area contributed by atoms with Gasteiger partial charge < -0.3 is 4.43 Å². The fourth-order valence-corrected chi connectivity index (χ4v) is 7.31. The maximum atomic E-state index is 5.07. The Morgan fingerprint density at radius 2 is 1.02 bits per heavy atom. The standard InChI is InChI=1S/C16H14.2C13H13.C4H10OSi.Zr/c1-3-9-15(10-4-1)13-7-8-14-16-11-5-2-6-12-16;2*1-3-7-12-10(5-1)9-11-6-2-4-8-13(11)12;1-4(2)5-6-3;/h1-14H;2*1,3-5,7-9,11,13H,2,6H2;4H,1-3H3;/q;2*-1;;+2. The minimum Gasteiger partial charge on any atom is -0.415 e. The zero-order valence-corrected chi connectivity index (χ0v) is 32.7. The summed E-state index contributed by atoms with van der Waals surface area (Å²) in [6, 6.07) is 38.2. The minimum atomic E-state index is 0. The van der Waals surface area contributed by atoms with Gasteiger partial charge in [0.15, 0.2) is 0 Å². The van der Waals surface area contributed by atoms with Gasteiger partial charge in [-0.05, 0) is 56.2 Å². The van der Waals surface area contributed by atoms with Crippen LogP contribution in [0, 0.1) is 24.7 Å². The Labute approximate surface area is 318 Å². The van der Waals surface area contributed by atoms with E-state index in [1.54, 1.807) is 0 Å². The molecule has 0 fully saturated rings. The van der Waals surface area contributed by atoms with Crippen LogP contribution in [0.2, 0.25) is 6.55 Å². The summed E-state index contributed by atoms with van der Waals surface area (Å²) in [5.41, 5.74) is 8.43. The van der Waals surface area contributed by atoms with Crippen LogP contribution in [0.15, 0.2) is 146 Å². The van der Waals surface area contributed by atoms with Gasteiger partial charge in [-0.3, -0.25) is 0 Å². The molecule has 4 atom stereocenters. The van der Waals surface area contributed by atoms with Gasteiger partial charge in [-0.15, -0.1) is 35.4 Å². The fraction of sp³-hybridized carbons (Fsp3) is 0.261. The number of allylic oxidation sites excluding steroid dienone is 6. The van der Waals surface area contributed by atoms with Crippen molar-refractivity contribution in [3.05, 3.63) is 192 Å². The molecule has 0 N–H and O–H groups in total. The molecule has 0 spiro atoms. The zero-order valence-electron chi connectivity index (χ0n) is 29.3. The third kappa shape index (κ3) is 11.9.